The van der Waals surface area contributed by atoms with E-state index in [-0.39, 0.29) is 17.6 Å². The van der Waals surface area contributed by atoms with Gasteiger partial charge in [0.1, 0.15) is 11.6 Å². The summed E-state index contributed by atoms with van der Waals surface area (Å²) in [5.41, 5.74) is 5.34. The number of rotatable bonds is 9. The van der Waals surface area contributed by atoms with Gasteiger partial charge in [-0.25, -0.2) is 9.78 Å². The molecule has 1 saturated heterocycles. The lowest BCUT2D eigenvalue weighted by Gasteiger charge is -2.37. The van der Waals surface area contributed by atoms with E-state index >= 15 is 0 Å². The van der Waals surface area contributed by atoms with Gasteiger partial charge in [0.05, 0.1) is 5.52 Å². The molecule has 0 unspecified atom stereocenters. The van der Waals surface area contributed by atoms with E-state index in [1.807, 2.05) is 37.9 Å². The molecule has 0 saturated carbocycles. The zero-order valence-corrected chi connectivity index (χ0v) is 22.9. The summed E-state index contributed by atoms with van der Waals surface area (Å²) in [5, 5.41) is 13.0. The number of benzene rings is 2. The summed E-state index contributed by atoms with van der Waals surface area (Å²) in [7, 11) is 1.84. The van der Waals surface area contributed by atoms with Crippen LogP contribution in [0.2, 0.25) is 0 Å². The molecule has 1 amide bonds. The summed E-state index contributed by atoms with van der Waals surface area (Å²) in [5.74, 6) is 0.207. The van der Waals surface area contributed by atoms with Crippen molar-refractivity contribution in [3.8, 4) is 5.75 Å². The molecular formula is C30H33N5O5. The predicted molar refractivity (Wildman–Crippen MR) is 153 cm³/mol. The maximum absolute atomic E-state index is 13.5. The molecule has 4 aromatic rings. The molecule has 1 aliphatic rings. The Kier molecular flexibility index (Phi) is 7.59. The van der Waals surface area contributed by atoms with E-state index in [2.05, 4.69) is 20.2 Å². The number of aromatic hydroxyl groups is 1. The van der Waals surface area contributed by atoms with Crippen LogP contribution >= 0.6 is 0 Å². The van der Waals surface area contributed by atoms with Gasteiger partial charge in [0, 0.05) is 55.7 Å². The number of aryl methyl sites for hydroxylation is 2. The Morgan fingerprint density at radius 1 is 1.20 bits per heavy atom. The summed E-state index contributed by atoms with van der Waals surface area (Å²) in [6, 6.07) is 10.5. The van der Waals surface area contributed by atoms with E-state index in [1.54, 1.807) is 30.5 Å². The quantitative estimate of drug-likeness (QED) is 0.165. The number of hydrogen-bond acceptors (Lipinski definition) is 8. The Balaban J connectivity index is 1.27. The van der Waals surface area contributed by atoms with Gasteiger partial charge in [-0.15, -0.1) is 0 Å². The lowest BCUT2D eigenvalue weighted by molar-refractivity contribution is -0.120. The number of ketones is 1. The monoisotopic (exact) mass is 543 g/mol. The molecule has 3 heterocycles. The predicted octanol–water partition coefficient (Wildman–Crippen LogP) is 3.78. The number of hydrogen-bond donors (Lipinski definition) is 3. The van der Waals surface area contributed by atoms with Crippen LogP contribution in [0.25, 0.3) is 11.1 Å². The molecular weight excluding hydrogens is 510 g/mol. The largest absolute Gasteiger partial charge is 0.508 e. The number of carbonyl (C=O) groups is 2. The molecule has 2 aromatic carbocycles. The number of piperidine rings is 1. The Morgan fingerprint density at radius 2 is 1.98 bits per heavy atom. The number of carbonyl (C=O) groups excluding carboxylic acids is 2. The van der Waals surface area contributed by atoms with Gasteiger partial charge in [-0.3, -0.25) is 14.6 Å². The van der Waals surface area contributed by atoms with E-state index in [4.69, 9.17) is 4.42 Å². The van der Waals surface area contributed by atoms with Gasteiger partial charge in [-0.05, 0) is 86.2 Å². The minimum atomic E-state index is -0.552. The summed E-state index contributed by atoms with van der Waals surface area (Å²) in [6.45, 7) is 5.63. The second kappa shape index (κ2) is 11.3. The van der Waals surface area contributed by atoms with Crippen molar-refractivity contribution in [2.45, 2.75) is 39.2 Å². The number of nitrogens with one attached hydrogen (secondary N) is 2. The fourth-order valence-corrected chi connectivity index (χ4v) is 5.47. The van der Waals surface area contributed by atoms with Gasteiger partial charge in [0.2, 0.25) is 6.41 Å². The van der Waals surface area contributed by atoms with Crippen molar-refractivity contribution in [2.24, 2.45) is 0 Å². The maximum atomic E-state index is 13.5. The average Bonchev–Trinajstić information content (AvgIpc) is 3.34. The van der Waals surface area contributed by atoms with Crippen LogP contribution in [0.5, 0.6) is 5.75 Å². The zero-order chi connectivity index (χ0) is 28.4. The normalized spacial score (nSPS) is 13.9. The third-order valence-corrected chi connectivity index (χ3v) is 7.72. The van der Waals surface area contributed by atoms with Crippen LogP contribution in [-0.4, -0.2) is 64.9 Å². The van der Waals surface area contributed by atoms with Gasteiger partial charge in [-0.2, -0.15) is 0 Å². The number of fused-ring (bicyclic) bond motifs is 1. The van der Waals surface area contributed by atoms with Crippen LogP contribution in [0.15, 0.2) is 51.8 Å². The number of phenolic OH excluding ortho intramolecular Hbond substituents is 1. The lowest BCUT2D eigenvalue weighted by atomic mass is 9.98. The molecule has 10 nitrogen and oxygen atoms in total. The first-order valence-electron chi connectivity index (χ1n) is 13.4. The van der Waals surface area contributed by atoms with Crippen molar-refractivity contribution >= 4 is 34.8 Å². The Labute approximate surface area is 231 Å². The van der Waals surface area contributed by atoms with Crippen LogP contribution in [0.1, 0.15) is 45.5 Å². The number of amides is 1. The third kappa shape index (κ3) is 5.42. The highest BCUT2D eigenvalue weighted by atomic mass is 16.4. The number of oxazole rings is 1. The SMILES string of the molecule is CNc1ccc(O)cc1CCN(C=O)C1CCN(c2cc(C(=O)c3cc(C)c4[nH]c(=O)oc4c3)c(C)cn2)CC1. The molecule has 5 rings (SSSR count). The van der Waals surface area contributed by atoms with Gasteiger partial charge in [0.25, 0.3) is 0 Å². The van der Waals surface area contributed by atoms with Crippen molar-refractivity contribution in [3.63, 3.8) is 0 Å². The topological polar surface area (TPSA) is 132 Å². The summed E-state index contributed by atoms with van der Waals surface area (Å²) >= 11 is 0. The first kappa shape index (κ1) is 27.0. The Bertz CT molecular complexity index is 1620. The van der Waals surface area contributed by atoms with Gasteiger partial charge < -0.3 is 24.6 Å². The molecule has 208 valence electrons. The highest BCUT2D eigenvalue weighted by Crippen LogP contribution is 2.27. The molecule has 0 spiro atoms. The number of nitrogens with zero attached hydrogens (tertiary/aromatic N) is 3. The fraction of sp³-hybridized carbons (Fsp3) is 0.333. The van der Waals surface area contributed by atoms with Crippen molar-refractivity contribution < 1.29 is 19.1 Å². The molecule has 1 fully saturated rings. The first-order chi connectivity index (χ1) is 19.3. The van der Waals surface area contributed by atoms with Crippen LogP contribution in [0.4, 0.5) is 11.5 Å². The molecule has 0 bridgehead atoms. The van der Waals surface area contributed by atoms with E-state index in [0.29, 0.717) is 48.3 Å². The van der Waals surface area contributed by atoms with Crippen LogP contribution in [-0.2, 0) is 11.2 Å². The number of anilines is 2. The molecule has 3 N–H and O–H groups in total. The summed E-state index contributed by atoms with van der Waals surface area (Å²) in [6.07, 6.45) is 4.81. The van der Waals surface area contributed by atoms with Crippen molar-refractivity contribution in [2.75, 3.05) is 36.9 Å². The lowest BCUT2D eigenvalue weighted by Crippen LogP contribution is -2.45. The first-order valence-corrected chi connectivity index (χ1v) is 13.4. The van der Waals surface area contributed by atoms with E-state index in [0.717, 1.165) is 47.4 Å². The van der Waals surface area contributed by atoms with Crippen molar-refractivity contribution in [3.05, 3.63) is 81.0 Å². The van der Waals surface area contributed by atoms with E-state index in [9.17, 15) is 19.5 Å². The molecule has 2 aromatic heterocycles. The van der Waals surface area contributed by atoms with Crippen LogP contribution in [0, 0.1) is 13.8 Å². The van der Waals surface area contributed by atoms with Gasteiger partial charge >= 0.3 is 5.76 Å². The Hall–Kier alpha value is -4.60. The number of aromatic nitrogens is 2. The molecule has 0 atom stereocenters. The second-order valence-corrected chi connectivity index (χ2v) is 10.3. The number of phenols is 1. The van der Waals surface area contributed by atoms with Crippen LogP contribution in [0.3, 0.4) is 0 Å². The fourth-order valence-electron chi connectivity index (χ4n) is 5.47. The highest BCUT2D eigenvalue weighted by molar-refractivity contribution is 6.11. The highest BCUT2D eigenvalue weighted by Gasteiger charge is 2.26. The summed E-state index contributed by atoms with van der Waals surface area (Å²) < 4.78 is 5.20. The third-order valence-electron chi connectivity index (χ3n) is 7.72. The minimum Gasteiger partial charge on any atom is -0.508 e. The van der Waals surface area contributed by atoms with E-state index < -0.39 is 5.76 Å². The smallest absolute Gasteiger partial charge is 0.417 e. The van der Waals surface area contributed by atoms with Crippen molar-refractivity contribution in [1.29, 1.82) is 0 Å². The van der Waals surface area contributed by atoms with Gasteiger partial charge in [0.15, 0.2) is 11.4 Å². The molecule has 40 heavy (non-hydrogen) atoms. The molecule has 10 heteroatoms. The number of aromatic amines is 1. The Morgan fingerprint density at radius 3 is 2.70 bits per heavy atom. The average molecular weight is 544 g/mol. The second-order valence-electron chi connectivity index (χ2n) is 10.3. The summed E-state index contributed by atoms with van der Waals surface area (Å²) in [4.78, 5) is 48.3. The standard InChI is InChI=1S/C30H33N5O5/c1-18-12-21(14-26-28(18)33-30(39)40-26)29(38)24-15-27(32-16-19(24)2)34-10-7-22(8-11-34)35(17-36)9-6-20-13-23(37)4-5-25(20)31-3/h4-5,12-17,22,31,37H,6-11H2,1-3H3,(H,33,39). The van der Waals surface area contributed by atoms with Gasteiger partial charge in [-0.1, -0.05) is 0 Å². The zero-order valence-electron chi connectivity index (χ0n) is 22.9. The molecule has 0 aliphatic carbocycles. The number of H-pyrrole nitrogens is 1. The number of pyridine rings is 1. The van der Waals surface area contributed by atoms with E-state index in [1.165, 1.54) is 0 Å². The minimum absolute atomic E-state index is 0.0985. The van der Waals surface area contributed by atoms with Crippen LogP contribution < -0.4 is 16.0 Å². The molecule has 1 aliphatic heterocycles. The maximum Gasteiger partial charge on any atom is 0.417 e. The van der Waals surface area contributed by atoms with Crippen molar-refractivity contribution in [1.82, 2.24) is 14.9 Å². The molecule has 0 radical (unpaired) electrons.